The summed E-state index contributed by atoms with van der Waals surface area (Å²) in [5.74, 6) is 0.411. The molecule has 2 N–H and O–H groups in total. The maximum atomic E-state index is 11.3. The van der Waals surface area contributed by atoms with Crippen LogP contribution in [0.5, 0.6) is 0 Å². The molecule has 0 heterocycles. The van der Waals surface area contributed by atoms with Crippen LogP contribution < -0.4 is 5.73 Å². The number of carbonyl (C=O) groups excluding carboxylic acids is 1. The number of benzene rings is 1. The predicted molar refractivity (Wildman–Crippen MR) is 70.4 cm³/mol. The molecule has 3 heteroatoms. The zero-order valence-electron chi connectivity index (χ0n) is 10.3. The first-order valence-corrected chi connectivity index (χ1v) is 5.37. The zero-order chi connectivity index (χ0) is 11.6. The lowest BCUT2D eigenvalue weighted by Gasteiger charge is -2.18. The number of hydrogen-bond acceptors (Lipinski definition) is 1. The van der Waals surface area contributed by atoms with Gasteiger partial charge in [-0.1, -0.05) is 39.8 Å². The van der Waals surface area contributed by atoms with Gasteiger partial charge in [0.05, 0.1) is 0 Å². The average Bonchev–Trinajstić information content (AvgIpc) is 2.16. The molecule has 0 atom stereocenters. The molecule has 0 saturated carbocycles. The monoisotopic (exact) mass is 241 g/mol. The number of halogens is 1. The lowest BCUT2D eigenvalue weighted by atomic mass is 9.87. The Bertz CT molecular complexity index is 372. The van der Waals surface area contributed by atoms with Crippen molar-refractivity contribution in [3.8, 4) is 0 Å². The first-order chi connectivity index (χ1) is 6.95. The molecule has 1 amide bonds. The minimum Gasteiger partial charge on any atom is -0.366 e. The van der Waals surface area contributed by atoms with Gasteiger partial charge in [0.15, 0.2) is 0 Å². The molecule has 0 aliphatic carbocycles. The number of rotatable bonds is 3. The van der Waals surface area contributed by atoms with E-state index in [0.29, 0.717) is 17.4 Å². The Hall–Kier alpha value is -1.02. The van der Waals surface area contributed by atoms with Crippen LogP contribution in [0.4, 0.5) is 0 Å². The summed E-state index contributed by atoms with van der Waals surface area (Å²) >= 11 is 0. The van der Waals surface area contributed by atoms with E-state index < -0.39 is 0 Å². The van der Waals surface area contributed by atoms with Gasteiger partial charge in [-0.15, -0.1) is 12.4 Å². The van der Waals surface area contributed by atoms with Gasteiger partial charge in [-0.2, -0.15) is 0 Å². The van der Waals surface area contributed by atoms with Crippen LogP contribution in [0.1, 0.15) is 61.0 Å². The first-order valence-electron chi connectivity index (χ1n) is 5.37. The number of hydrogen-bond donors (Lipinski definition) is 1. The highest BCUT2D eigenvalue weighted by Crippen LogP contribution is 2.28. The third-order valence-corrected chi connectivity index (χ3v) is 2.60. The molecule has 16 heavy (non-hydrogen) atoms. The Morgan fingerprint density at radius 2 is 1.69 bits per heavy atom. The van der Waals surface area contributed by atoms with Crippen LogP contribution in [0.3, 0.4) is 0 Å². The van der Waals surface area contributed by atoms with Crippen LogP contribution in [-0.2, 0) is 0 Å². The second-order valence-electron chi connectivity index (χ2n) is 4.48. The van der Waals surface area contributed by atoms with Crippen molar-refractivity contribution in [3.05, 3.63) is 34.9 Å². The predicted octanol–water partition coefficient (Wildman–Crippen LogP) is 3.45. The number of nitrogens with two attached hydrogens (primary N) is 1. The molecule has 0 aliphatic rings. The second kappa shape index (κ2) is 5.90. The Morgan fingerprint density at radius 1 is 1.12 bits per heavy atom. The summed E-state index contributed by atoms with van der Waals surface area (Å²) in [7, 11) is 0. The molecule has 1 aromatic carbocycles. The lowest BCUT2D eigenvalue weighted by molar-refractivity contribution is 0.0999. The Morgan fingerprint density at radius 3 is 2.06 bits per heavy atom. The van der Waals surface area contributed by atoms with Crippen molar-refractivity contribution in [1.82, 2.24) is 0 Å². The molecule has 0 spiro atoms. The summed E-state index contributed by atoms with van der Waals surface area (Å²) in [6.07, 6.45) is 0. The summed E-state index contributed by atoms with van der Waals surface area (Å²) in [6, 6.07) is 5.79. The van der Waals surface area contributed by atoms with Gasteiger partial charge in [-0.3, -0.25) is 4.79 Å². The summed E-state index contributed by atoms with van der Waals surface area (Å²) in [5.41, 5.74) is 8.37. The number of amides is 1. The topological polar surface area (TPSA) is 43.1 Å². The zero-order valence-corrected chi connectivity index (χ0v) is 11.1. The fourth-order valence-electron chi connectivity index (χ4n) is 1.95. The molecule has 0 unspecified atom stereocenters. The molecule has 0 fully saturated rings. The highest BCUT2D eigenvalue weighted by molar-refractivity contribution is 5.94. The quantitative estimate of drug-likeness (QED) is 0.866. The van der Waals surface area contributed by atoms with Crippen molar-refractivity contribution < 1.29 is 4.79 Å². The highest BCUT2D eigenvalue weighted by Gasteiger charge is 2.16. The second-order valence-corrected chi connectivity index (χ2v) is 4.48. The summed E-state index contributed by atoms with van der Waals surface area (Å²) in [4.78, 5) is 11.3. The van der Waals surface area contributed by atoms with Crippen LogP contribution in [0.25, 0.3) is 0 Å². The van der Waals surface area contributed by atoms with Crippen LogP contribution in [0.15, 0.2) is 18.2 Å². The molecule has 2 nitrogen and oxygen atoms in total. The molecular weight excluding hydrogens is 222 g/mol. The van der Waals surface area contributed by atoms with Gasteiger partial charge in [-0.05, 0) is 29.0 Å². The maximum absolute atomic E-state index is 11.3. The van der Waals surface area contributed by atoms with Gasteiger partial charge >= 0.3 is 0 Å². The first kappa shape index (κ1) is 15.0. The molecule has 1 rings (SSSR count). The van der Waals surface area contributed by atoms with E-state index in [1.165, 1.54) is 5.56 Å². The van der Waals surface area contributed by atoms with Crippen molar-refractivity contribution in [1.29, 1.82) is 0 Å². The van der Waals surface area contributed by atoms with Crippen molar-refractivity contribution >= 4 is 18.3 Å². The van der Waals surface area contributed by atoms with Crippen LogP contribution in [-0.4, -0.2) is 5.91 Å². The molecule has 0 aromatic heterocycles. The molecular formula is C13H20ClNO. The summed E-state index contributed by atoms with van der Waals surface area (Å²) < 4.78 is 0. The van der Waals surface area contributed by atoms with E-state index in [0.717, 1.165) is 5.56 Å². The minimum atomic E-state index is -0.332. The van der Waals surface area contributed by atoms with Crippen LogP contribution in [0.2, 0.25) is 0 Å². The van der Waals surface area contributed by atoms with Crippen molar-refractivity contribution in [2.75, 3.05) is 0 Å². The number of carbonyl (C=O) groups is 1. The normalized spacial score (nSPS) is 10.4. The molecule has 90 valence electrons. The van der Waals surface area contributed by atoms with E-state index in [2.05, 4.69) is 33.8 Å². The smallest absolute Gasteiger partial charge is 0.248 e. The third-order valence-electron chi connectivity index (χ3n) is 2.60. The Balaban J connectivity index is 0.00000225. The standard InChI is InChI=1S/C13H19NO.ClH/c1-8(2)10-6-5-7-11(13(14)15)12(10)9(3)4;/h5-9H,1-4H3,(H2,14,15);1H. The fraction of sp³-hybridized carbons (Fsp3) is 0.462. The summed E-state index contributed by atoms with van der Waals surface area (Å²) in [6.45, 7) is 8.44. The third kappa shape index (κ3) is 2.99. The van der Waals surface area contributed by atoms with Gasteiger partial charge in [0, 0.05) is 5.56 Å². The van der Waals surface area contributed by atoms with E-state index in [-0.39, 0.29) is 18.3 Å². The SMILES string of the molecule is CC(C)c1cccc(C(N)=O)c1C(C)C.Cl. The Labute approximate surface area is 104 Å². The molecule has 0 bridgehead atoms. The highest BCUT2D eigenvalue weighted by atomic mass is 35.5. The molecule has 0 aliphatic heterocycles. The Kier molecular flexibility index (Phi) is 5.52. The fourth-order valence-corrected chi connectivity index (χ4v) is 1.95. The van der Waals surface area contributed by atoms with Crippen molar-refractivity contribution in [2.24, 2.45) is 5.73 Å². The molecule has 0 saturated heterocycles. The largest absolute Gasteiger partial charge is 0.366 e. The van der Waals surface area contributed by atoms with Crippen LogP contribution in [0, 0.1) is 0 Å². The average molecular weight is 242 g/mol. The van der Waals surface area contributed by atoms with Crippen molar-refractivity contribution in [2.45, 2.75) is 39.5 Å². The lowest BCUT2D eigenvalue weighted by Crippen LogP contribution is -2.16. The molecule has 1 aromatic rings. The van der Waals surface area contributed by atoms with Crippen LogP contribution >= 0.6 is 12.4 Å². The number of primary amides is 1. The van der Waals surface area contributed by atoms with Gasteiger partial charge in [0.2, 0.25) is 5.91 Å². The van der Waals surface area contributed by atoms with E-state index in [9.17, 15) is 4.79 Å². The molecule has 0 radical (unpaired) electrons. The summed E-state index contributed by atoms with van der Waals surface area (Å²) in [5, 5.41) is 0. The van der Waals surface area contributed by atoms with Gasteiger partial charge in [0.25, 0.3) is 0 Å². The minimum absolute atomic E-state index is 0. The van der Waals surface area contributed by atoms with E-state index in [1.807, 2.05) is 12.1 Å². The van der Waals surface area contributed by atoms with E-state index >= 15 is 0 Å². The van der Waals surface area contributed by atoms with E-state index in [4.69, 9.17) is 5.73 Å². The van der Waals surface area contributed by atoms with E-state index in [1.54, 1.807) is 0 Å². The van der Waals surface area contributed by atoms with Gasteiger partial charge in [0.1, 0.15) is 0 Å². The maximum Gasteiger partial charge on any atom is 0.248 e. The van der Waals surface area contributed by atoms with Gasteiger partial charge in [-0.25, -0.2) is 0 Å². The van der Waals surface area contributed by atoms with Gasteiger partial charge < -0.3 is 5.73 Å². The van der Waals surface area contributed by atoms with Crippen molar-refractivity contribution in [3.63, 3.8) is 0 Å².